The van der Waals surface area contributed by atoms with Gasteiger partial charge in [0.25, 0.3) is 10.1 Å². The first kappa shape index (κ1) is 12.3. The third kappa shape index (κ3) is 7.62. The molecule has 0 amide bonds. The lowest BCUT2D eigenvalue weighted by atomic mass is 11.1. The van der Waals surface area contributed by atoms with E-state index in [1.165, 1.54) is 0 Å². The Morgan fingerprint density at radius 3 is 2.08 bits per heavy atom. The second-order valence-corrected chi connectivity index (χ2v) is 5.18. The van der Waals surface area contributed by atoms with Crippen molar-refractivity contribution in [3.05, 3.63) is 12.3 Å². The summed E-state index contributed by atoms with van der Waals surface area (Å²) >= 11 is 0. The summed E-state index contributed by atoms with van der Waals surface area (Å²) in [5.41, 5.74) is 0. The van der Waals surface area contributed by atoms with Gasteiger partial charge in [-0.05, 0) is 0 Å². The van der Waals surface area contributed by atoms with Gasteiger partial charge >= 0.3 is 16.2 Å². The van der Waals surface area contributed by atoms with E-state index in [1.807, 2.05) is 0 Å². The van der Waals surface area contributed by atoms with Gasteiger partial charge in [0.05, 0.1) is 0 Å². The van der Waals surface area contributed by atoms with Gasteiger partial charge in [0, 0.05) is 0 Å². The van der Waals surface area contributed by atoms with Gasteiger partial charge in [0.2, 0.25) is 5.08 Å². The monoisotopic (exact) mass is 238 g/mol. The van der Waals surface area contributed by atoms with Gasteiger partial charge in [-0.25, -0.2) is 0 Å². The average Bonchev–Trinajstić information content (AvgIpc) is 1.78. The van der Waals surface area contributed by atoms with E-state index in [2.05, 4.69) is 4.18 Å². The second kappa shape index (κ2) is 3.98. The molecule has 0 rings (SSSR count). The number of rotatable bonds is 4. The van der Waals surface area contributed by atoms with E-state index in [-0.39, 0.29) is 0 Å². The molecule has 78 valence electrons. The summed E-state index contributed by atoms with van der Waals surface area (Å²) in [4.78, 5) is 0. The summed E-state index contributed by atoms with van der Waals surface area (Å²) < 4.78 is 74.7. The van der Waals surface area contributed by atoms with E-state index < -0.39 is 37.7 Å². The Morgan fingerprint density at radius 1 is 1.31 bits per heavy atom. The van der Waals surface area contributed by atoms with Crippen LogP contribution in [0.5, 0.6) is 0 Å². The normalized spacial score (nSPS) is 12.2. The fourth-order valence-electron chi connectivity index (χ4n) is 0.320. The molecular formula is C3H4F2O6S2. The van der Waals surface area contributed by atoms with Crippen LogP contribution in [-0.2, 0) is 24.4 Å². The third-order valence-electron chi connectivity index (χ3n) is 0.577. The molecule has 0 fully saturated rings. The maximum Gasteiger partial charge on any atom is 0.325 e. The Hall–Kier alpha value is -0.740. The summed E-state index contributed by atoms with van der Waals surface area (Å²) in [5.74, 6) is 0. The summed E-state index contributed by atoms with van der Waals surface area (Å²) in [6.07, 6.45) is -2.89. The predicted octanol–water partition coefficient (Wildman–Crippen LogP) is -0.0840. The lowest BCUT2D eigenvalue weighted by Crippen LogP contribution is -2.16. The molecule has 0 aromatic rings. The van der Waals surface area contributed by atoms with Crippen LogP contribution in [0.4, 0.5) is 8.78 Å². The van der Waals surface area contributed by atoms with Gasteiger partial charge in [0.15, 0.2) is 6.26 Å². The van der Waals surface area contributed by atoms with Crippen LogP contribution in [-0.4, -0.2) is 26.5 Å². The molecule has 0 atom stereocenters. The third-order valence-corrected chi connectivity index (χ3v) is 3.31. The molecule has 0 aromatic carbocycles. The molecule has 0 heterocycles. The zero-order valence-electron chi connectivity index (χ0n) is 5.85. The first-order chi connectivity index (χ1) is 5.62. The lowest BCUT2D eigenvalue weighted by Gasteiger charge is -1.98. The van der Waals surface area contributed by atoms with E-state index in [0.29, 0.717) is 0 Å². The minimum absolute atomic E-state index is 0.444. The van der Waals surface area contributed by atoms with Crippen molar-refractivity contribution in [1.82, 2.24) is 0 Å². The summed E-state index contributed by atoms with van der Waals surface area (Å²) in [5, 5.41) is -1.77. The summed E-state index contributed by atoms with van der Waals surface area (Å²) in [6, 6.07) is 0. The van der Waals surface area contributed by atoms with Crippen LogP contribution >= 0.6 is 0 Å². The molecule has 0 aromatic heterocycles. The SMILES string of the molecule is O=S(=O)(O)CS(=O)(=O)OC=C(F)F. The Kier molecular flexibility index (Phi) is 3.75. The quantitative estimate of drug-likeness (QED) is 0.417. The zero-order chi connectivity index (χ0) is 10.7. The Balaban J connectivity index is 4.55. The van der Waals surface area contributed by atoms with Crippen LogP contribution in [0.15, 0.2) is 12.3 Å². The molecule has 0 unspecified atom stereocenters. The smallest absolute Gasteiger partial charge is 0.325 e. The molecule has 0 aliphatic heterocycles. The molecule has 0 spiro atoms. The van der Waals surface area contributed by atoms with Gasteiger partial charge in [0.1, 0.15) is 0 Å². The van der Waals surface area contributed by atoms with Crippen LogP contribution in [0.2, 0.25) is 0 Å². The molecule has 10 heteroatoms. The van der Waals surface area contributed by atoms with Crippen molar-refractivity contribution in [3.63, 3.8) is 0 Å². The molecule has 1 N–H and O–H groups in total. The highest BCUT2D eigenvalue weighted by Gasteiger charge is 2.20. The largest absolute Gasteiger partial charge is 0.384 e. The minimum atomic E-state index is -4.82. The van der Waals surface area contributed by atoms with Crippen molar-refractivity contribution in [2.45, 2.75) is 0 Å². The number of halogens is 2. The highest BCUT2D eigenvalue weighted by Crippen LogP contribution is 2.03. The van der Waals surface area contributed by atoms with Crippen LogP contribution in [0, 0.1) is 0 Å². The predicted molar refractivity (Wildman–Crippen MR) is 36.7 cm³/mol. The van der Waals surface area contributed by atoms with Crippen molar-refractivity contribution in [2.24, 2.45) is 0 Å². The fraction of sp³-hybridized carbons (Fsp3) is 0.333. The van der Waals surface area contributed by atoms with Gasteiger partial charge in [-0.1, -0.05) is 0 Å². The van der Waals surface area contributed by atoms with Crippen LogP contribution in [0.3, 0.4) is 0 Å². The lowest BCUT2D eigenvalue weighted by molar-refractivity contribution is 0.362. The maximum absolute atomic E-state index is 11.3. The van der Waals surface area contributed by atoms with Crippen molar-refractivity contribution in [3.8, 4) is 0 Å². The molecule has 0 saturated heterocycles. The molecule has 6 nitrogen and oxygen atoms in total. The van der Waals surface area contributed by atoms with E-state index >= 15 is 0 Å². The van der Waals surface area contributed by atoms with E-state index in [0.717, 1.165) is 0 Å². The van der Waals surface area contributed by atoms with Crippen molar-refractivity contribution in [2.75, 3.05) is 5.08 Å². The first-order valence-electron chi connectivity index (χ1n) is 2.50. The molecule has 0 aliphatic rings. The molecule has 13 heavy (non-hydrogen) atoms. The molecule has 0 aliphatic carbocycles. The standard InChI is InChI=1S/C3H4F2O6S2/c4-3(5)1-11-13(9,10)2-12(6,7)8/h1H,2H2,(H,6,7,8). The van der Waals surface area contributed by atoms with Crippen LogP contribution < -0.4 is 0 Å². The molecular weight excluding hydrogens is 234 g/mol. The second-order valence-electron chi connectivity index (χ2n) is 1.76. The number of hydrogen-bond donors (Lipinski definition) is 1. The summed E-state index contributed by atoms with van der Waals surface area (Å²) in [7, 11) is -9.55. The van der Waals surface area contributed by atoms with Crippen molar-refractivity contribution < 1.29 is 34.4 Å². The van der Waals surface area contributed by atoms with Gasteiger partial charge in [-0.3, -0.25) is 4.55 Å². The van der Waals surface area contributed by atoms with E-state index in [4.69, 9.17) is 4.55 Å². The maximum atomic E-state index is 11.3. The average molecular weight is 238 g/mol. The number of hydrogen-bond acceptors (Lipinski definition) is 5. The fourth-order valence-corrected chi connectivity index (χ4v) is 2.22. The van der Waals surface area contributed by atoms with E-state index in [9.17, 15) is 25.6 Å². The molecule has 0 bridgehead atoms. The topological polar surface area (TPSA) is 97.7 Å². The Morgan fingerprint density at radius 2 is 1.77 bits per heavy atom. The Labute approximate surface area is 72.7 Å². The Bertz CT molecular complexity index is 388. The van der Waals surface area contributed by atoms with Gasteiger partial charge in [-0.2, -0.15) is 25.6 Å². The van der Waals surface area contributed by atoms with Crippen LogP contribution in [0.25, 0.3) is 0 Å². The van der Waals surface area contributed by atoms with Gasteiger partial charge in [-0.15, -0.1) is 0 Å². The zero-order valence-corrected chi connectivity index (χ0v) is 7.48. The van der Waals surface area contributed by atoms with Crippen molar-refractivity contribution >= 4 is 20.2 Å². The first-order valence-corrected chi connectivity index (χ1v) is 5.68. The highest BCUT2D eigenvalue weighted by molar-refractivity contribution is 8.03. The molecule has 0 saturated carbocycles. The highest BCUT2D eigenvalue weighted by atomic mass is 32.3. The summed E-state index contributed by atoms with van der Waals surface area (Å²) in [6.45, 7) is 0. The van der Waals surface area contributed by atoms with Crippen LogP contribution in [0.1, 0.15) is 0 Å². The van der Waals surface area contributed by atoms with Gasteiger partial charge < -0.3 is 4.18 Å². The molecule has 0 radical (unpaired) electrons. The van der Waals surface area contributed by atoms with E-state index in [1.54, 1.807) is 0 Å². The minimum Gasteiger partial charge on any atom is -0.384 e. The van der Waals surface area contributed by atoms with Crippen molar-refractivity contribution in [1.29, 1.82) is 0 Å².